The van der Waals surface area contributed by atoms with E-state index in [1.807, 2.05) is 17.7 Å². The van der Waals surface area contributed by atoms with Gasteiger partial charge in [-0.15, -0.1) is 24.8 Å². The molecule has 0 saturated heterocycles. The lowest BCUT2D eigenvalue weighted by molar-refractivity contribution is -0.123. The quantitative estimate of drug-likeness (QED) is 0.833. The molecule has 1 unspecified atom stereocenters. The van der Waals surface area contributed by atoms with E-state index in [0.29, 0.717) is 25.4 Å². The van der Waals surface area contributed by atoms with Crippen molar-refractivity contribution in [2.45, 2.75) is 38.3 Å². The maximum atomic E-state index is 11.8. The van der Waals surface area contributed by atoms with Crippen molar-refractivity contribution in [3.63, 3.8) is 0 Å². The smallest absolute Gasteiger partial charge is 0.222 e. The van der Waals surface area contributed by atoms with Crippen LogP contribution in [0, 0.1) is 5.92 Å². The van der Waals surface area contributed by atoms with E-state index in [1.54, 1.807) is 12.5 Å². The molecule has 110 valence electrons. The number of nitrogens with two attached hydrogens (primary N) is 1. The van der Waals surface area contributed by atoms with Gasteiger partial charge in [-0.3, -0.25) is 4.79 Å². The normalized spacial score (nSPS) is 16.7. The van der Waals surface area contributed by atoms with Crippen LogP contribution < -0.4 is 11.1 Å². The Kier molecular flexibility index (Phi) is 7.41. The van der Waals surface area contributed by atoms with E-state index in [2.05, 4.69) is 10.3 Å². The molecule has 1 fully saturated rings. The number of carbonyl (C=O) groups excluding carboxylic acids is 1. The highest BCUT2D eigenvalue weighted by Crippen LogP contribution is 2.38. The van der Waals surface area contributed by atoms with Crippen molar-refractivity contribution in [2.75, 3.05) is 6.54 Å². The Balaban J connectivity index is 0.00000162. The lowest BCUT2D eigenvalue weighted by atomic mass is 9.96. The standard InChI is InChI=1S/C12H20N4O.2ClH/c1-12(8-13,10-2-3-10)15-11(17)4-6-16-7-5-14-9-16;;/h5,7,9-10H,2-4,6,8,13H2,1H3,(H,15,17);2*1H. The minimum absolute atomic E-state index is 0. The van der Waals surface area contributed by atoms with Gasteiger partial charge in [-0.2, -0.15) is 0 Å². The first-order valence-electron chi connectivity index (χ1n) is 6.11. The minimum atomic E-state index is -0.216. The molecule has 1 amide bonds. The van der Waals surface area contributed by atoms with Gasteiger partial charge < -0.3 is 15.6 Å². The molecule has 1 aromatic heterocycles. The Hall–Kier alpha value is -0.780. The van der Waals surface area contributed by atoms with Crippen LogP contribution in [0.15, 0.2) is 18.7 Å². The second kappa shape index (κ2) is 7.72. The molecule has 1 saturated carbocycles. The first-order valence-corrected chi connectivity index (χ1v) is 6.11. The van der Waals surface area contributed by atoms with Gasteiger partial charge in [0.05, 0.1) is 11.9 Å². The summed E-state index contributed by atoms with van der Waals surface area (Å²) in [5, 5.41) is 3.07. The number of rotatable bonds is 6. The van der Waals surface area contributed by atoms with Crippen molar-refractivity contribution in [1.29, 1.82) is 0 Å². The highest BCUT2D eigenvalue weighted by molar-refractivity contribution is 5.85. The molecule has 19 heavy (non-hydrogen) atoms. The number of aromatic nitrogens is 2. The predicted molar refractivity (Wildman–Crippen MR) is 79.7 cm³/mol. The highest BCUT2D eigenvalue weighted by atomic mass is 35.5. The van der Waals surface area contributed by atoms with Gasteiger partial charge in [0, 0.05) is 31.9 Å². The molecule has 1 heterocycles. The maximum absolute atomic E-state index is 11.8. The van der Waals surface area contributed by atoms with E-state index in [9.17, 15) is 4.79 Å². The Morgan fingerprint density at radius 2 is 2.21 bits per heavy atom. The molecule has 5 nitrogen and oxygen atoms in total. The molecule has 1 aliphatic carbocycles. The summed E-state index contributed by atoms with van der Waals surface area (Å²) in [5.74, 6) is 0.628. The SMILES string of the molecule is CC(CN)(NC(=O)CCn1ccnc1)C1CC1.Cl.Cl. The topological polar surface area (TPSA) is 72.9 Å². The number of imidazole rings is 1. The largest absolute Gasteiger partial charge is 0.349 e. The minimum Gasteiger partial charge on any atom is -0.349 e. The fourth-order valence-corrected chi connectivity index (χ4v) is 2.07. The first-order chi connectivity index (χ1) is 8.14. The zero-order chi connectivity index (χ0) is 12.3. The fraction of sp³-hybridized carbons (Fsp3) is 0.667. The lowest BCUT2D eigenvalue weighted by Crippen LogP contribution is -2.53. The summed E-state index contributed by atoms with van der Waals surface area (Å²) < 4.78 is 1.90. The molecule has 0 bridgehead atoms. The average molecular weight is 309 g/mol. The van der Waals surface area contributed by atoms with E-state index in [-0.39, 0.29) is 36.3 Å². The van der Waals surface area contributed by atoms with Crippen LogP contribution in [0.2, 0.25) is 0 Å². The zero-order valence-corrected chi connectivity index (χ0v) is 12.7. The van der Waals surface area contributed by atoms with Crippen molar-refractivity contribution in [2.24, 2.45) is 11.7 Å². The molecule has 0 aliphatic heterocycles. The van der Waals surface area contributed by atoms with Gasteiger partial charge >= 0.3 is 0 Å². The third-order valence-electron chi connectivity index (χ3n) is 3.48. The maximum Gasteiger partial charge on any atom is 0.222 e. The monoisotopic (exact) mass is 308 g/mol. The molecule has 1 aromatic rings. The van der Waals surface area contributed by atoms with E-state index in [4.69, 9.17) is 5.73 Å². The first kappa shape index (κ1) is 18.2. The molecule has 1 aliphatic rings. The van der Waals surface area contributed by atoms with E-state index in [1.165, 1.54) is 12.8 Å². The van der Waals surface area contributed by atoms with Gasteiger partial charge in [-0.1, -0.05) is 0 Å². The number of aryl methyl sites for hydroxylation is 1. The van der Waals surface area contributed by atoms with Crippen LogP contribution in [0.4, 0.5) is 0 Å². The van der Waals surface area contributed by atoms with Crippen molar-refractivity contribution in [3.05, 3.63) is 18.7 Å². The fourth-order valence-electron chi connectivity index (χ4n) is 2.07. The summed E-state index contributed by atoms with van der Waals surface area (Å²) in [6.07, 6.45) is 8.11. The summed E-state index contributed by atoms with van der Waals surface area (Å²) in [5.41, 5.74) is 5.54. The van der Waals surface area contributed by atoms with Gasteiger partial charge in [0.25, 0.3) is 0 Å². The Bertz CT molecular complexity index is 381. The molecule has 0 radical (unpaired) electrons. The molecular weight excluding hydrogens is 287 g/mol. The molecule has 3 N–H and O–H groups in total. The number of nitrogens with zero attached hydrogens (tertiary/aromatic N) is 2. The molecule has 1 atom stereocenters. The number of hydrogen-bond acceptors (Lipinski definition) is 3. The van der Waals surface area contributed by atoms with Crippen molar-refractivity contribution < 1.29 is 4.79 Å². The van der Waals surface area contributed by atoms with Crippen LogP contribution in [-0.2, 0) is 11.3 Å². The molecular formula is C12H22Cl2N4O. The Morgan fingerprint density at radius 1 is 1.53 bits per heavy atom. The van der Waals surface area contributed by atoms with Gasteiger partial charge in [0.1, 0.15) is 0 Å². The number of carbonyl (C=O) groups is 1. The highest BCUT2D eigenvalue weighted by Gasteiger charge is 2.41. The number of nitrogens with one attached hydrogen (secondary N) is 1. The van der Waals surface area contributed by atoms with Gasteiger partial charge in [-0.25, -0.2) is 4.98 Å². The number of hydrogen-bond donors (Lipinski definition) is 2. The van der Waals surface area contributed by atoms with Gasteiger partial charge in [0.15, 0.2) is 0 Å². The molecule has 2 rings (SSSR count). The summed E-state index contributed by atoms with van der Waals surface area (Å²) in [6, 6.07) is 0. The summed E-state index contributed by atoms with van der Waals surface area (Å²) in [6.45, 7) is 3.21. The molecule has 0 aromatic carbocycles. The Morgan fingerprint density at radius 3 is 2.68 bits per heavy atom. The van der Waals surface area contributed by atoms with Gasteiger partial charge in [0.2, 0.25) is 5.91 Å². The van der Waals surface area contributed by atoms with E-state index < -0.39 is 0 Å². The van der Waals surface area contributed by atoms with Crippen LogP contribution in [-0.4, -0.2) is 27.5 Å². The van der Waals surface area contributed by atoms with E-state index in [0.717, 1.165) is 0 Å². The second-order valence-electron chi connectivity index (χ2n) is 4.99. The Labute approximate surface area is 126 Å². The van der Waals surface area contributed by atoms with E-state index >= 15 is 0 Å². The number of amides is 1. The van der Waals surface area contributed by atoms with Crippen molar-refractivity contribution in [3.8, 4) is 0 Å². The van der Waals surface area contributed by atoms with Gasteiger partial charge in [-0.05, 0) is 25.7 Å². The van der Waals surface area contributed by atoms with Crippen molar-refractivity contribution >= 4 is 30.7 Å². The second-order valence-corrected chi connectivity index (χ2v) is 4.99. The van der Waals surface area contributed by atoms with Crippen LogP contribution in [0.5, 0.6) is 0 Å². The average Bonchev–Trinajstić information content (AvgIpc) is 3.05. The third-order valence-corrected chi connectivity index (χ3v) is 3.48. The van der Waals surface area contributed by atoms with Crippen LogP contribution >= 0.6 is 24.8 Å². The van der Waals surface area contributed by atoms with Crippen LogP contribution in [0.25, 0.3) is 0 Å². The summed E-state index contributed by atoms with van der Waals surface area (Å²) >= 11 is 0. The van der Waals surface area contributed by atoms with Crippen molar-refractivity contribution in [1.82, 2.24) is 14.9 Å². The predicted octanol–water partition coefficient (Wildman–Crippen LogP) is 1.36. The summed E-state index contributed by atoms with van der Waals surface area (Å²) in [4.78, 5) is 15.8. The zero-order valence-electron chi connectivity index (χ0n) is 11.0. The third kappa shape index (κ3) is 5.01. The van der Waals surface area contributed by atoms with Crippen LogP contribution in [0.3, 0.4) is 0 Å². The number of halogens is 2. The lowest BCUT2D eigenvalue weighted by Gasteiger charge is -2.29. The molecule has 7 heteroatoms. The van der Waals surface area contributed by atoms with Crippen LogP contribution in [0.1, 0.15) is 26.2 Å². The summed E-state index contributed by atoms with van der Waals surface area (Å²) in [7, 11) is 0. The molecule has 0 spiro atoms.